The van der Waals surface area contributed by atoms with Crippen LogP contribution in [0.5, 0.6) is 11.8 Å². The zero-order valence-corrected chi connectivity index (χ0v) is 19.3. The molecule has 4 aromatic rings. The number of amidine groups is 1. The van der Waals surface area contributed by atoms with Gasteiger partial charge in [0.05, 0.1) is 19.0 Å². The predicted molar refractivity (Wildman–Crippen MR) is 134 cm³/mol. The minimum atomic E-state index is -0.602. The van der Waals surface area contributed by atoms with Crippen molar-refractivity contribution in [1.82, 2.24) is 9.97 Å². The van der Waals surface area contributed by atoms with Gasteiger partial charge in [-0.15, -0.1) is 0 Å². The maximum Gasteiger partial charge on any atom is 0.318 e. The summed E-state index contributed by atoms with van der Waals surface area (Å²) >= 11 is 1.45. The second-order valence-corrected chi connectivity index (χ2v) is 8.11. The van der Waals surface area contributed by atoms with E-state index in [9.17, 15) is 4.39 Å². The third-order valence-corrected chi connectivity index (χ3v) is 5.60. The summed E-state index contributed by atoms with van der Waals surface area (Å²) in [5, 5.41) is 3.52. The number of anilines is 1. The van der Waals surface area contributed by atoms with Gasteiger partial charge in [-0.05, 0) is 35.4 Å². The summed E-state index contributed by atoms with van der Waals surface area (Å²) in [5.74, 6) is 0.771. The quantitative estimate of drug-likeness (QED) is 0.241. The van der Waals surface area contributed by atoms with Gasteiger partial charge >= 0.3 is 6.01 Å². The van der Waals surface area contributed by atoms with Gasteiger partial charge in [-0.25, -0.2) is 14.4 Å². The van der Waals surface area contributed by atoms with Crippen molar-refractivity contribution in [3.63, 3.8) is 0 Å². The minimum absolute atomic E-state index is 0.00844. The molecule has 3 aromatic carbocycles. The molecule has 172 valence electrons. The number of thioether (sulfide) groups is 1. The van der Waals surface area contributed by atoms with Crippen LogP contribution in [0.15, 0.2) is 96.1 Å². The SMILES string of the molecule is COc1cccc(COc2ncc(F)c(N/C(=N\c3ccccc3)SCc3ccccc3)n2)c1. The number of benzene rings is 3. The Kier molecular flexibility index (Phi) is 8.08. The molecule has 6 nitrogen and oxygen atoms in total. The Morgan fingerprint density at radius 2 is 1.71 bits per heavy atom. The lowest BCUT2D eigenvalue weighted by molar-refractivity contribution is 0.279. The standard InChI is InChI=1S/C26H23FN4O2S/c1-32-22-14-8-11-20(15-22)17-33-25-28-16-23(27)24(30-25)31-26(29-21-12-6-3-7-13-21)34-18-19-9-4-2-5-10-19/h2-16H,17-18H2,1H3,(H,28,29,30,31). The summed E-state index contributed by atoms with van der Waals surface area (Å²) < 4.78 is 25.5. The van der Waals surface area contributed by atoms with Gasteiger partial charge in [-0.1, -0.05) is 72.4 Å². The Hall–Kier alpha value is -3.91. The fraction of sp³-hybridized carbons (Fsp3) is 0.115. The number of aromatic nitrogens is 2. The molecule has 34 heavy (non-hydrogen) atoms. The molecular formula is C26H23FN4O2S. The Bertz CT molecular complexity index is 1240. The molecule has 0 atom stereocenters. The molecule has 0 saturated heterocycles. The summed E-state index contributed by atoms with van der Waals surface area (Å²) in [4.78, 5) is 12.8. The lowest BCUT2D eigenvalue weighted by atomic mass is 10.2. The van der Waals surface area contributed by atoms with Crippen molar-refractivity contribution in [2.75, 3.05) is 12.4 Å². The van der Waals surface area contributed by atoms with Gasteiger partial charge in [0.2, 0.25) is 0 Å². The van der Waals surface area contributed by atoms with E-state index < -0.39 is 5.82 Å². The largest absolute Gasteiger partial charge is 0.497 e. The Morgan fingerprint density at radius 3 is 2.47 bits per heavy atom. The summed E-state index contributed by atoms with van der Waals surface area (Å²) in [6.45, 7) is 0.218. The lowest BCUT2D eigenvalue weighted by Crippen LogP contribution is -2.12. The maximum atomic E-state index is 14.6. The van der Waals surface area contributed by atoms with Crippen LogP contribution in [-0.2, 0) is 12.4 Å². The smallest absolute Gasteiger partial charge is 0.318 e. The maximum absolute atomic E-state index is 14.6. The first-order chi connectivity index (χ1) is 16.7. The average molecular weight is 475 g/mol. The molecule has 1 heterocycles. The fourth-order valence-electron chi connectivity index (χ4n) is 2.96. The van der Waals surface area contributed by atoms with Crippen LogP contribution in [0.25, 0.3) is 0 Å². The van der Waals surface area contributed by atoms with Crippen LogP contribution in [0.2, 0.25) is 0 Å². The third kappa shape index (κ3) is 6.79. The molecule has 1 N–H and O–H groups in total. The van der Waals surface area contributed by atoms with Gasteiger partial charge in [0.25, 0.3) is 0 Å². The molecule has 0 radical (unpaired) electrons. The Morgan fingerprint density at radius 1 is 0.971 bits per heavy atom. The van der Waals surface area contributed by atoms with Crippen molar-refractivity contribution in [3.05, 3.63) is 108 Å². The van der Waals surface area contributed by atoms with Gasteiger partial charge in [0, 0.05) is 5.75 Å². The predicted octanol–water partition coefficient (Wildman–Crippen LogP) is 6.24. The molecular weight excluding hydrogens is 451 g/mol. The minimum Gasteiger partial charge on any atom is -0.497 e. The number of hydrogen-bond acceptors (Lipinski definition) is 6. The molecule has 0 aliphatic rings. The number of halogens is 1. The normalized spacial score (nSPS) is 11.2. The average Bonchev–Trinajstić information content (AvgIpc) is 2.89. The van der Waals surface area contributed by atoms with E-state index >= 15 is 0 Å². The summed E-state index contributed by atoms with van der Waals surface area (Å²) in [6, 6.07) is 27.0. The number of nitrogens with zero attached hydrogens (tertiary/aromatic N) is 3. The summed E-state index contributed by atoms with van der Waals surface area (Å²) in [6.07, 6.45) is 1.08. The van der Waals surface area contributed by atoms with Gasteiger partial charge in [-0.2, -0.15) is 4.98 Å². The zero-order valence-electron chi connectivity index (χ0n) is 18.5. The molecule has 0 aliphatic heterocycles. The first-order valence-corrected chi connectivity index (χ1v) is 11.5. The molecule has 0 spiro atoms. The number of nitrogens with one attached hydrogen (secondary N) is 1. The van der Waals surface area contributed by atoms with Crippen molar-refractivity contribution in [3.8, 4) is 11.8 Å². The van der Waals surface area contributed by atoms with Crippen LogP contribution in [0, 0.1) is 5.82 Å². The first-order valence-electron chi connectivity index (χ1n) is 10.6. The monoisotopic (exact) mass is 474 g/mol. The fourth-order valence-corrected chi connectivity index (χ4v) is 3.80. The van der Waals surface area contributed by atoms with Crippen molar-refractivity contribution in [2.24, 2.45) is 4.99 Å². The molecule has 0 bridgehead atoms. The number of para-hydroxylation sites is 1. The lowest BCUT2D eigenvalue weighted by Gasteiger charge is -2.11. The highest BCUT2D eigenvalue weighted by Gasteiger charge is 2.12. The van der Waals surface area contributed by atoms with E-state index in [-0.39, 0.29) is 18.4 Å². The molecule has 8 heteroatoms. The van der Waals surface area contributed by atoms with Crippen molar-refractivity contribution < 1.29 is 13.9 Å². The molecule has 0 unspecified atom stereocenters. The molecule has 1 aromatic heterocycles. The van der Waals surface area contributed by atoms with E-state index in [1.165, 1.54) is 11.8 Å². The molecule has 0 aliphatic carbocycles. The summed E-state index contributed by atoms with van der Waals surface area (Å²) in [7, 11) is 1.60. The van der Waals surface area contributed by atoms with Crippen LogP contribution in [0.3, 0.4) is 0 Å². The Labute approximate surface area is 201 Å². The molecule has 0 saturated carbocycles. The van der Waals surface area contributed by atoms with Gasteiger partial charge in [0.15, 0.2) is 16.8 Å². The van der Waals surface area contributed by atoms with Crippen LogP contribution < -0.4 is 14.8 Å². The van der Waals surface area contributed by atoms with E-state index in [0.717, 1.165) is 28.8 Å². The number of methoxy groups -OCH3 is 1. The molecule has 0 fully saturated rings. The highest BCUT2D eigenvalue weighted by molar-refractivity contribution is 8.13. The van der Waals surface area contributed by atoms with E-state index in [1.807, 2.05) is 84.9 Å². The molecule has 0 amide bonds. The number of ether oxygens (including phenoxy) is 2. The van der Waals surface area contributed by atoms with Gasteiger partial charge in [0.1, 0.15) is 12.4 Å². The molecule has 4 rings (SSSR count). The second kappa shape index (κ2) is 11.8. The highest BCUT2D eigenvalue weighted by Crippen LogP contribution is 2.22. The topological polar surface area (TPSA) is 68.6 Å². The number of rotatable bonds is 8. The van der Waals surface area contributed by atoms with Crippen LogP contribution in [0.4, 0.5) is 15.9 Å². The summed E-state index contributed by atoms with van der Waals surface area (Å²) in [5.41, 5.74) is 2.75. The third-order valence-electron chi connectivity index (χ3n) is 4.65. The van der Waals surface area contributed by atoms with E-state index in [1.54, 1.807) is 7.11 Å². The van der Waals surface area contributed by atoms with Crippen molar-refractivity contribution >= 4 is 28.4 Å². The van der Waals surface area contributed by atoms with Crippen LogP contribution in [0.1, 0.15) is 11.1 Å². The van der Waals surface area contributed by atoms with Crippen LogP contribution in [-0.4, -0.2) is 22.2 Å². The Balaban J connectivity index is 1.51. The number of aliphatic imine (C=N–C) groups is 1. The van der Waals surface area contributed by atoms with Gasteiger partial charge < -0.3 is 14.8 Å². The van der Waals surface area contributed by atoms with E-state index in [4.69, 9.17) is 9.47 Å². The second-order valence-electron chi connectivity index (χ2n) is 7.14. The van der Waals surface area contributed by atoms with Crippen molar-refractivity contribution in [1.29, 1.82) is 0 Å². The number of hydrogen-bond donors (Lipinski definition) is 1. The zero-order chi connectivity index (χ0) is 23.6. The van der Waals surface area contributed by atoms with Gasteiger partial charge in [-0.3, -0.25) is 0 Å². The van der Waals surface area contributed by atoms with E-state index in [2.05, 4.69) is 20.3 Å². The van der Waals surface area contributed by atoms with Crippen molar-refractivity contribution in [2.45, 2.75) is 12.4 Å². The van der Waals surface area contributed by atoms with E-state index in [0.29, 0.717) is 10.9 Å². The first kappa shape index (κ1) is 23.3. The highest BCUT2D eigenvalue weighted by atomic mass is 32.2. The van der Waals surface area contributed by atoms with Crippen LogP contribution >= 0.6 is 11.8 Å².